The zero-order valence-corrected chi connectivity index (χ0v) is 7.36. The summed E-state index contributed by atoms with van der Waals surface area (Å²) in [6, 6.07) is 0. The van der Waals surface area contributed by atoms with E-state index in [1.54, 1.807) is 0 Å². The lowest BCUT2D eigenvalue weighted by atomic mass is 10.4. The van der Waals surface area contributed by atoms with Crippen LogP contribution >= 0.6 is 0 Å². The van der Waals surface area contributed by atoms with Crippen LogP contribution in [0.4, 0.5) is 26.3 Å². The highest BCUT2D eigenvalue weighted by molar-refractivity contribution is 4.85. The van der Waals surface area contributed by atoms with Gasteiger partial charge in [-0.25, -0.2) is 26.3 Å². The first-order chi connectivity index (χ1) is 6.37. The van der Waals surface area contributed by atoms with E-state index in [1.807, 2.05) is 0 Å². The average Bonchev–Trinajstić information content (AvgIpc) is 2.03. The number of rotatable bonds is 3. The molecule has 0 radical (unpaired) electrons. The van der Waals surface area contributed by atoms with Crippen molar-refractivity contribution in [2.75, 3.05) is 6.67 Å². The summed E-state index contributed by atoms with van der Waals surface area (Å²) in [4.78, 5) is 0. The number of hydrogen-bond donors (Lipinski definition) is 0. The Morgan fingerprint density at radius 3 is 1.79 bits per heavy atom. The molecule has 0 aromatic carbocycles. The van der Waals surface area contributed by atoms with Gasteiger partial charge in [-0.15, -0.1) is 0 Å². The molecule has 0 rings (SSSR count). The Morgan fingerprint density at radius 1 is 1.21 bits per heavy atom. The molecule has 1 atom stereocenters. The van der Waals surface area contributed by atoms with Crippen LogP contribution in [0.3, 0.4) is 0 Å². The highest BCUT2D eigenvalue weighted by Crippen LogP contribution is 2.12. The monoisotopic (exact) mass is 220 g/mol. The van der Waals surface area contributed by atoms with Crippen molar-refractivity contribution in [3.8, 4) is 0 Å². The van der Waals surface area contributed by atoms with Crippen LogP contribution in [0.15, 0.2) is 24.8 Å². The Bertz CT molecular complexity index is 169. The third-order valence-corrected chi connectivity index (χ3v) is 0.785. The maximum absolute atomic E-state index is 11.4. The lowest BCUT2D eigenvalue weighted by Gasteiger charge is -1.97. The number of halogens is 6. The fourth-order valence-corrected chi connectivity index (χ4v) is 0.241. The van der Waals surface area contributed by atoms with E-state index >= 15 is 0 Å². The van der Waals surface area contributed by atoms with E-state index in [-0.39, 0.29) is 18.7 Å². The van der Waals surface area contributed by atoms with Gasteiger partial charge >= 0.3 is 0 Å². The maximum atomic E-state index is 11.4. The van der Waals surface area contributed by atoms with E-state index in [0.717, 1.165) is 0 Å². The first-order valence-corrected chi connectivity index (χ1v) is 3.50. The first kappa shape index (κ1) is 15.5. The molecule has 0 saturated carbocycles. The van der Waals surface area contributed by atoms with E-state index in [1.165, 1.54) is 0 Å². The van der Waals surface area contributed by atoms with Crippen molar-refractivity contribution in [2.45, 2.75) is 19.0 Å². The van der Waals surface area contributed by atoms with Gasteiger partial charge in [-0.3, -0.25) is 0 Å². The number of allylic oxidation sites excluding steroid dienone is 2. The van der Waals surface area contributed by atoms with E-state index in [2.05, 4.69) is 0 Å². The minimum atomic E-state index is -3.01. The molecule has 1 unspecified atom stereocenters. The van der Waals surface area contributed by atoms with Gasteiger partial charge in [-0.2, -0.15) is 0 Å². The van der Waals surface area contributed by atoms with Gasteiger partial charge in [-0.1, -0.05) is 0 Å². The minimum Gasteiger partial charge on any atom is -0.248 e. The molecule has 84 valence electrons. The third-order valence-electron chi connectivity index (χ3n) is 0.785. The van der Waals surface area contributed by atoms with Crippen LogP contribution in [0.25, 0.3) is 0 Å². The lowest BCUT2D eigenvalue weighted by molar-refractivity contribution is 0.0762. The molecule has 0 N–H and O–H groups in total. The normalized spacial score (nSPS) is 14.2. The Labute approximate surface area is 77.9 Å². The van der Waals surface area contributed by atoms with Crippen LogP contribution in [-0.4, -0.2) is 18.8 Å². The minimum absolute atomic E-state index is 0.00968. The van der Waals surface area contributed by atoms with Gasteiger partial charge in [0, 0.05) is 13.0 Å². The quantitative estimate of drug-likeness (QED) is 0.632. The zero-order chi connectivity index (χ0) is 11.6. The van der Waals surface area contributed by atoms with Crippen LogP contribution in [0.5, 0.6) is 0 Å². The highest BCUT2D eigenvalue weighted by atomic mass is 19.3. The maximum Gasteiger partial charge on any atom is 0.266 e. The molecule has 0 aromatic rings. The van der Waals surface area contributed by atoms with Crippen LogP contribution in [0.2, 0.25) is 0 Å². The number of hydrogen-bond acceptors (Lipinski definition) is 0. The predicted octanol–water partition coefficient (Wildman–Crippen LogP) is 3.90. The van der Waals surface area contributed by atoms with Gasteiger partial charge in [0.1, 0.15) is 12.8 Å². The molecule has 0 aliphatic carbocycles. The van der Waals surface area contributed by atoms with E-state index in [9.17, 15) is 26.3 Å². The van der Waals surface area contributed by atoms with Gasteiger partial charge in [0.15, 0.2) is 0 Å². The van der Waals surface area contributed by atoms with Crippen LogP contribution in [-0.2, 0) is 0 Å². The first-order valence-electron chi connectivity index (χ1n) is 3.50. The fraction of sp³-hybridized carbons (Fsp3) is 0.500. The van der Waals surface area contributed by atoms with Gasteiger partial charge in [0.2, 0.25) is 0 Å². The molecular formula is C8H10F6. The van der Waals surface area contributed by atoms with Crippen molar-refractivity contribution >= 4 is 0 Å². The zero-order valence-electron chi connectivity index (χ0n) is 7.36. The molecule has 0 fully saturated rings. The topological polar surface area (TPSA) is 0 Å². The Balaban J connectivity index is 0. The summed E-state index contributed by atoms with van der Waals surface area (Å²) >= 11 is 0. The third kappa shape index (κ3) is 17.2. The van der Waals surface area contributed by atoms with Crippen molar-refractivity contribution in [2.24, 2.45) is 0 Å². The highest BCUT2D eigenvalue weighted by Gasteiger charge is 2.14. The Kier molecular flexibility index (Phi) is 9.59. The molecule has 0 aliphatic heterocycles. The molecular weight excluding hydrogens is 210 g/mol. The molecule has 0 amide bonds. The van der Waals surface area contributed by atoms with Gasteiger partial charge < -0.3 is 0 Å². The summed E-state index contributed by atoms with van der Waals surface area (Å²) in [6.07, 6.45) is -1.25. The van der Waals surface area contributed by atoms with Crippen LogP contribution in [0.1, 0.15) is 6.92 Å². The number of alkyl halides is 4. The lowest BCUT2D eigenvalue weighted by Crippen LogP contribution is -2.02. The summed E-state index contributed by atoms with van der Waals surface area (Å²) < 4.78 is 66.9. The summed E-state index contributed by atoms with van der Waals surface area (Å²) in [5.74, 6) is -3.01. The van der Waals surface area contributed by atoms with E-state index in [0.29, 0.717) is 13.0 Å². The smallest absolute Gasteiger partial charge is 0.248 e. The molecule has 0 bridgehead atoms. The fourth-order valence-electron chi connectivity index (χ4n) is 0.241. The van der Waals surface area contributed by atoms with Crippen molar-refractivity contribution in [3.63, 3.8) is 0 Å². The Hall–Kier alpha value is -0.940. The van der Waals surface area contributed by atoms with E-state index < -0.39 is 18.8 Å². The second kappa shape index (κ2) is 8.65. The summed E-state index contributed by atoms with van der Waals surface area (Å²) in [5, 5.41) is 0. The second-order valence-corrected chi connectivity index (χ2v) is 2.24. The van der Waals surface area contributed by atoms with Gasteiger partial charge in [0.05, 0.1) is 12.7 Å². The predicted molar refractivity (Wildman–Crippen MR) is 42.0 cm³/mol. The summed E-state index contributed by atoms with van der Waals surface area (Å²) in [5.41, 5.74) is 0. The Morgan fingerprint density at radius 2 is 1.71 bits per heavy atom. The second-order valence-electron chi connectivity index (χ2n) is 2.24. The SMILES string of the molecule is CC(F)(F)C=CF.FC=CC(F)CF. The van der Waals surface area contributed by atoms with E-state index in [4.69, 9.17) is 0 Å². The molecule has 0 aliphatic rings. The molecule has 0 aromatic heterocycles. The van der Waals surface area contributed by atoms with Gasteiger partial charge in [-0.05, 0) is 6.08 Å². The molecule has 0 spiro atoms. The summed E-state index contributed by atoms with van der Waals surface area (Å²) in [6.45, 7) is -0.538. The molecule has 0 heterocycles. The van der Waals surface area contributed by atoms with Crippen molar-refractivity contribution in [3.05, 3.63) is 24.8 Å². The molecule has 0 saturated heterocycles. The van der Waals surface area contributed by atoms with Gasteiger partial charge in [0.25, 0.3) is 5.92 Å². The molecule has 6 heteroatoms. The molecule has 14 heavy (non-hydrogen) atoms. The largest absolute Gasteiger partial charge is 0.266 e. The van der Waals surface area contributed by atoms with Crippen molar-refractivity contribution in [1.82, 2.24) is 0 Å². The molecule has 0 nitrogen and oxygen atoms in total. The van der Waals surface area contributed by atoms with Crippen molar-refractivity contribution < 1.29 is 26.3 Å². The summed E-state index contributed by atoms with van der Waals surface area (Å²) in [7, 11) is 0. The van der Waals surface area contributed by atoms with Crippen LogP contribution in [0, 0.1) is 0 Å². The van der Waals surface area contributed by atoms with Crippen LogP contribution < -0.4 is 0 Å². The van der Waals surface area contributed by atoms with Crippen molar-refractivity contribution in [1.29, 1.82) is 0 Å². The standard InChI is InChI=1S/2C4H5F3/c1-4(6,7)2-3-5;5-2-1-4(7)3-6/h2-3H,1H3;1-2,4H,3H2. The average molecular weight is 220 g/mol.